The molecule has 3 rings (SSSR count). The molecule has 0 atom stereocenters. The van der Waals surface area contributed by atoms with E-state index in [1.807, 2.05) is 0 Å². The van der Waals surface area contributed by atoms with Gasteiger partial charge in [-0.3, -0.25) is 24.1 Å². The van der Waals surface area contributed by atoms with Crippen LogP contribution in [0.5, 0.6) is 0 Å². The number of hydrogen-bond donors (Lipinski definition) is 1. The van der Waals surface area contributed by atoms with Gasteiger partial charge >= 0.3 is 5.97 Å². The smallest absolute Gasteiger partial charge is 0.338 e. The number of ether oxygens (including phenoxy) is 1. The SMILES string of the molecule is CC(=O)c1ccc(NC(=O)COC(=O)c2cccc(N3C(=O)CCC3=O)c2)cc1. The van der Waals surface area contributed by atoms with Crippen molar-refractivity contribution in [3.63, 3.8) is 0 Å². The van der Waals surface area contributed by atoms with Crippen LogP contribution in [0.4, 0.5) is 11.4 Å². The van der Waals surface area contributed by atoms with Crippen molar-refractivity contribution < 1.29 is 28.7 Å². The Labute approximate surface area is 166 Å². The number of hydrogen-bond acceptors (Lipinski definition) is 6. The van der Waals surface area contributed by atoms with Gasteiger partial charge in [-0.05, 0) is 49.4 Å². The van der Waals surface area contributed by atoms with Crippen LogP contribution < -0.4 is 10.2 Å². The maximum Gasteiger partial charge on any atom is 0.338 e. The first-order chi connectivity index (χ1) is 13.8. The zero-order chi connectivity index (χ0) is 21.0. The van der Waals surface area contributed by atoms with Crippen molar-refractivity contribution in [2.45, 2.75) is 19.8 Å². The normalized spacial score (nSPS) is 13.3. The molecule has 1 aliphatic rings. The Morgan fingerprint density at radius 3 is 2.24 bits per heavy atom. The molecule has 3 amide bonds. The lowest BCUT2D eigenvalue weighted by Crippen LogP contribution is -2.28. The molecule has 0 aromatic heterocycles. The number of carbonyl (C=O) groups excluding carboxylic acids is 5. The largest absolute Gasteiger partial charge is 0.452 e. The second-order valence-corrected chi connectivity index (χ2v) is 6.43. The molecule has 29 heavy (non-hydrogen) atoms. The predicted molar refractivity (Wildman–Crippen MR) is 104 cm³/mol. The lowest BCUT2D eigenvalue weighted by molar-refractivity contribution is -0.121. The summed E-state index contributed by atoms with van der Waals surface area (Å²) in [5, 5.41) is 2.56. The Bertz CT molecular complexity index is 980. The molecule has 8 heteroatoms. The third-order valence-corrected chi connectivity index (χ3v) is 4.30. The second-order valence-electron chi connectivity index (χ2n) is 6.43. The maximum absolute atomic E-state index is 12.2. The number of amides is 3. The van der Waals surface area contributed by atoms with Crippen LogP contribution in [0.15, 0.2) is 48.5 Å². The van der Waals surface area contributed by atoms with E-state index >= 15 is 0 Å². The molecule has 1 fully saturated rings. The number of carbonyl (C=O) groups is 5. The zero-order valence-corrected chi connectivity index (χ0v) is 15.6. The molecule has 0 saturated carbocycles. The Morgan fingerprint density at radius 2 is 1.62 bits per heavy atom. The zero-order valence-electron chi connectivity index (χ0n) is 15.6. The van der Waals surface area contributed by atoms with Crippen LogP contribution >= 0.6 is 0 Å². The summed E-state index contributed by atoms with van der Waals surface area (Å²) in [5.74, 6) is -2.04. The minimum Gasteiger partial charge on any atom is -0.452 e. The Balaban J connectivity index is 1.58. The molecule has 0 unspecified atom stereocenters. The molecule has 0 spiro atoms. The van der Waals surface area contributed by atoms with Crippen molar-refractivity contribution in [2.75, 3.05) is 16.8 Å². The minimum absolute atomic E-state index is 0.0867. The number of anilines is 2. The van der Waals surface area contributed by atoms with Crippen LogP contribution in [0.3, 0.4) is 0 Å². The van der Waals surface area contributed by atoms with Crippen molar-refractivity contribution in [1.82, 2.24) is 0 Å². The summed E-state index contributed by atoms with van der Waals surface area (Å²) in [7, 11) is 0. The van der Waals surface area contributed by atoms with E-state index in [9.17, 15) is 24.0 Å². The van der Waals surface area contributed by atoms with Gasteiger partial charge in [-0.15, -0.1) is 0 Å². The summed E-state index contributed by atoms with van der Waals surface area (Å²) in [5.41, 5.74) is 1.39. The van der Waals surface area contributed by atoms with E-state index in [2.05, 4.69) is 5.32 Å². The summed E-state index contributed by atoms with van der Waals surface area (Å²) in [6, 6.07) is 12.2. The molecule has 8 nitrogen and oxygen atoms in total. The minimum atomic E-state index is -0.756. The third kappa shape index (κ3) is 4.73. The molecule has 0 bridgehead atoms. The quantitative estimate of drug-likeness (QED) is 0.457. The highest BCUT2D eigenvalue weighted by Gasteiger charge is 2.30. The Hall–Kier alpha value is -3.81. The van der Waals surface area contributed by atoms with Crippen LogP contribution in [0.25, 0.3) is 0 Å². The summed E-state index contributed by atoms with van der Waals surface area (Å²) < 4.78 is 5.00. The van der Waals surface area contributed by atoms with Gasteiger partial charge in [0.1, 0.15) is 0 Å². The fraction of sp³-hybridized carbons (Fsp3) is 0.190. The van der Waals surface area contributed by atoms with Gasteiger partial charge < -0.3 is 10.1 Å². The van der Waals surface area contributed by atoms with Crippen molar-refractivity contribution in [2.24, 2.45) is 0 Å². The van der Waals surface area contributed by atoms with Gasteiger partial charge in [0.2, 0.25) is 11.8 Å². The molecule has 1 aliphatic heterocycles. The van der Waals surface area contributed by atoms with Crippen molar-refractivity contribution in [1.29, 1.82) is 0 Å². The third-order valence-electron chi connectivity index (χ3n) is 4.30. The maximum atomic E-state index is 12.2. The molecule has 1 heterocycles. The lowest BCUT2D eigenvalue weighted by atomic mass is 10.1. The molecule has 1 saturated heterocycles. The molecule has 0 radical (unpaired) electrons. The molecule has 1 N–H and O–H groups in total. The van der Waals surface area contributed by atoms with Crippen molar-refractivity contribution >= 4 is 40.8 Å². The molecule has 2 aromatic carbocycles. The Morgan fingerprint density at radius 1 is 0.966 bits per heavy atom. The summed E-state index contributed by atoms with van der Waals surface area (Å²) in [6.07, 6.45) is 0.280. The summed E-state index contributed by atoms with van der Waals surface area (Å²) in [6.45, 7) is 0.927. The number of rotatable bonds is 6. The highest BCUT2D eigenvalue weighted by Crippen LogP contribution is 2.23. The average molecular weight is 394 g/mol. The van der Waals surface area contributed by atoms with Crippen LogP contribution in [0.2, 0.25) is 0 Å². The number of benzene rings is 2. The van der Waals surface area contributed by atoms with Gasteiger partial charge in [0.05, 0.1) is 11.3 Å². The van der Waals surface area contributed by atoms with E-state index < -0.39 is 18.5 Å². The van der Waals surface area contributed by atoms with Gasteiger partial charge in [-0.2, -0.15) is 0 Å². The van der Waals surface area contributed by atoms with Crippen LogP contribution in [0, 0.1) is 0 Å². The highest BCUT2D eigenvalue weighted by atomic mass is 16.5. The van der Waals surface area contributed by atoms with Gasteiger partial charge in [-0.25, -0.2) is 4.79 Å². The molecule has 0 aliphatic carbocycles. The fourth-order valence-electron chi connectivity index (χ4n) is 2.84. The standard InChI is InChI=1S/C21H18N2O6/c1-13(24)14-5-7-16(8-6-14)22-18(25)12-29-21(28)15-3-2-4-17(11-15)23-19(26)9-10-20(23)27/h2-8,11H,9-10,12H2,1H3,(H,22,25). The number of ketones is 1. The lowest BCUT2D eigenvalue weighted by Gasteiger charge is -2.14. The first-order valence-corrected chi connectivity index (χ1v) is 8.89. The number of esters is 1. The first-order valence-electron chi connectivity index (χ1n) is 8.89. The summed E-state index contributed by atoms with van der Waals surface area (Å²) in [4.78, 5) is 60.1. The number of imide groups is 1. The van der Waals surface area contributed by atoms with E-state index in [-0.39, 0.29) is 36.0 Å². The van der Waals surface area contributed by atoms with Gasteiger partial charge in [0.25, 0.3) is 5.91 Å². The molecular weight excluding hydrogens is 376 g/mol. The topological polar surface area (TPSA) is 110 Å². The van der Waals surface area contributed by atoms with Crippen LogP contribution in [-0.4, -0.2) is 36.1 Å². The van der Waals surface area contributed by atoms with Crippen LogP contribution in [-0.2, 0) is 19.1 Å². The molecule has 2 aromatic rings. The predicted octanol–water partition coefficient (Wildman–Crippen LogP) is 2.34. The highest BCUT2D eigenvalue weighted by molar-refractivity contribution is 6.20. The van der Waals surface area contributed by atoms with E-state index in [4.69, 9.17) is 4.74 Å². The average Bonchev–Trinajstić information content (AvgIpc) is 3.04. The monoisotopic (exact) mass is 394 g/mol. The summed E-state index contributed by atoms with van der Waals surface area (Å²) >= 11 is 0. The van der Waals surface area contributed by atoms with E-state index in [1.54, 1.807) is 30.3 Å². The molecule has 148 valence electrons. The Kier molecular flexibility index (Phi) is 5.82. The number of Topliss-reactive ketones (excluding diaryl/α,β-unsaturated/α-hetero) is 1. The van der Waals surface area contributed by atoms with E-state index in [0.717, 1.165) is 4.90 Å². The van der Waals surface area contributed by atoms with E-state index in [0.29, 0.717) is 16.9 Å². The second kappa shape index (κ2) is 8.47. The number of nitrogens with one attached hydrogen (secondary N) is 1. The van der Waals surface area contributed by atoms with Crippen LogP contribution in [0.1, 0.15) is 40.5 Å². The van der Waals surface area contributed by atoms with Crippen molar-refractivity contribution in [3.8, 4) is 0 Å². The van der Waals surface area contributed by atoms with Gasteiger partial charge in [0, 0.05) is 24.1 Å². The van der Waals surface area contributed by atoms with Gasteiger partial charge in [0.15, 0.2) is 12.4 Å². The van der Waals surface area contributed by atoms with Gasteiger partial charge in [-0.1, -0.05) is 6.07 Å². The number of nitrogens with zero attached hydrogens (tertiary/aromatic N) is 1. The van der Waals surface area contributed by atoms with Crippen molar-refractivity contribution in [3.05, 3.63) is 59.7 Å². The fourth-order valence-corrected chi connectivity index (χ4v) is 2.84. The molecular formula is C21H18N2O6. The van der Waals surface area contributed by atoms with E-state index in [1.165, 1.54) is 25.1 Å². The first kappa shape index (κ1) is 19.9.